The fraction of sp³-hybridized carbons (Fsp3) is 0.705. The Kier molecular flexibility index (Phi) is 53.8. The number of carbonyl (C=O) groups excluding carboxylic acids is 2. The predicted molar refractivity (Wildman–Crippen MR) is 302 cm³/mol. The zero-order valence-electron chi connectivity index (χ0n) is 45.4. The van der Waals surface area contributed by atoms with Crippen molar-refractivity contribution >= 4 is 19.8 Å². The molecule has 0 aliphatic heterocycles. The van der Waals surface area contributed by atoms with Crippen molar-refractivity contribution in [1.29, 1.82) is 0 Å². The number of hydrogen-bond donors (Lipinski definition) is 2. The van der Waals surface area contributed by atoms with Gasteiger partial charge in [0, 0.05) is 19.4 Å². The van der Waals surface area contributed by atoms with E-state index in [-0.39, 0.29) is 38.6 Å². The quantitative estimate of drug-likeness (QED) is 0.0264. The smallest absolute Gasteiger partial charge is 0.462 e. The summed E-state index contributed by atoms with van der Waals surface area (Å²) >= 11 is 0. The first-order valence-electron chi connectivity index (χ1n) is 28.7. The second kappa shape index (κ2) is 56.2. The van der Waals surface area contributed by atoms with E-state index in [2.05, 4.69) is 111 Å². The molecule has 0 rings (SSSR count). The summed E-state index contributed by atoms with van der Waals surface area (Å²) in [4.78, 5) is 35.1. The molecule has 0 spiro atoms. The molecule has 10 heteroatoms. The number of allylic oxidation sites excluding steroid dienone is 16. The molecule has 408 valence electrons. The largest absolute Gasteiger partial charge is 0.472 e. The maximum Gasteiger partial charge on any atom is 0.472 e. The van der Waals surface area contributed by atoms with Crippen molar-refractivity contribution in [2.24, 2.45) is 5.73 Å². The SMILES string of the molecule is CC/C=C\C/C=C\C/C=C\C/C=C\C/C=C\C/C=C\C/C=C\CCCCCCCCCCCCCC(=O)OC(COC(=O)CCCCCCCCC/C=C\CCCCCCCC)COP(=O)(O)OCCN. The number of nitrogens with two attached hydrogens (primary N) is 1. The van der Waals surface area contributed by atoms with E-state index in [0.717, 1.165) is 103 Å². The fourth-order valence-electron chi connectivity index (χ4n) is 7.73. The Hall–Kier alpha value is -3.07. The first kappa shape index (κ1) is 67.9. The number of carbonyl (C=O) groups is 2. The van der Waals surface area contributed by atoms with Crippen LogP contribution in [-0.4, -0.2) is 49.3 Å². The van der Waals surface area contributed by atoms with Crippen LogP contribution in [0, 0.1) is 0 Å². The highest BCUT2D eigenvalue weighted by molar-refractivity contribution is 7.47. The van der Waals surface area contributed by atoms with Gasteiger partial charge in [-0.25, -0.2) is 4.57 Å². The summed E-state index contributed by atoms with van der Waals surface area (Å²) in [5, 5.41) is 0. The van der Waals surface area contributed by atoms with Gasteiger partial charge in [-0.3, -0.25) is 18.6 Å². The van der Waals surface area contributed by atoms with Gasteiger partial charge in [0.15, 0.2) is 6.10 Å². The van der Waals surface area contributed by atoms with Crippen LogP contribution in [0.25, 0.3) is 0 Å². The molecule has 2 atom stereocenters. The normalized spacial score (nSPS) is 13.8. The number of phosphoric acid groups is 1. The third kappa shape index (κ3) is 56.1. The van der Waals surface area contributed by atoms with Crippen LogP contribution in [0.15, 0.2) is 97.2 Å². The minimum absolute atomic E-state index is 0.0488. The monoisotopic (exact) mass is 1010 g/mol. The third-order valence-corrected chi connectivity index (χ3v) is 12.9. The Labute approximate surface area is 436 Å². The minimum Gasteiger partial charge on any atom is -0.462 e. The lowest BCUT2D eigenvalue weighted by Gasteiger charge is -2.19. The van der Waals surface area contributed by atoms with Gasteiger partial charge in [0.1, 0.15) is 6.61 Å². The zero-order chi connectivity index (χ0) is 51.7. The molecule has 0 radical (unpaired) electrons. The van der Waals surface area contributed by atoms with Crippen molar-refractivity contribution < 1.29 is 37.6 Å². The van der Waals surface area contributed by atoms with E-state index in [4.69, 9.17) is 24.3 Å². The van der Waals surface area contributed by atoms with Gasteiger partial charge >= 0.3 is 19.8 Å². The van der Waals surface area contributed by atoms with Crippen molar-refractivity contribution in [2.45, 2.75) is 251 Å². The summed E-state index contributed by atoms with van der Waals surface area (Å²) in [5.74, 6) is -0.836. The topological polar surface area (TPSA) is 134 Å². The standard InChI is InChI=1S/C61H106NO8P/c1-3-5-7-9-11-13-15-17-19-21-22-23-24-25-26-27-28-29-30-31-32-33-34-35-36-38-40-42-44-46-48-50-52-54-61(64)70-59(58-69-71(65,66)68-56-55-62)57-67-60(63)53-51-49-47-45-43-41-39-37-20-18-16-14-12-10-8-6-4-2/h5,7,11,13,17-20,22-23,25-26,28-29,31-32,59H,3-4,6,8-10,12,14-16,21,24,27,30,33-58,62H2,1-2H3,(H,65,66)/b7-5-,13-11-,19-17-,20-18-,23-22-,26-25-,29-28-,32-31-. The second-order valence-electron chi connectivity index (χ2n) is 18.8. The molecular formula is C61H106NO8P. The van der Waals surface area contributed by atoms with Crippen LogP contribution in [0.1, 0.15) is 245 Å². The molecule has 0 saturated heterocycles. The van der Waals surface area contributed by atoms with E-state index in [0.29, 0.717) is 6.42 Å². The molecule has 0 saturated carbocycles. The van der Waals surface area contributed by atoms with E-state index in [1.165, 1.54) is 109 Å². The van der Waals surface area contributed by atoms with E-state index in [9.17, 15) is 19.0 Å². The molecule has 71 heavy (non-hydrogen) atoms. The maximum atomic E-state index is 12.7. The molecule has 0 aromatic carbocycles. The lowest BCUT2D eigenvalue weighted by atomic mass is 10.0. The first-order chi connectivity index (χ1) is 34.8. The lowest BCUT2D eigenvalue weighted by Crippen LogP contribution is -2.29. The Bertz CT molecular complexity index is 1480. The Morgan fingerprint density at radius 2 is 0.775 bits per heavy atom. The van der Waals surface area contributed by atoms with E-state index < -0.39 is 26.5 Å². The molecule has 3 N–H and O–H groups in total. The van der Waals surface area contributed by atoms with Crippen molar-refractivity contribution in [3.63, 3.8) is 0 Å². The number of esters is 2. The number of hydrogen-bond acceptors (Lipinski definition) is 8. The average Bonchev–Trinajstić information content (AvgIpc) is 3.36. The molecule has 0 aliphatic carbocycles. The van der Waals surface area contributed by atoms with Gasteiger partial charge in [-0.15, -0.1) is 0 Å². The summed E-state index contributed by atoms with van der Waals surface area (Å²) in [6, 6.07) is 0. The van der Waals surface area contributed by atoms with Gasteiger partial charge in [0.05, 0.1) is 13.2 Å². The lowest BCUT2D eigenvalue weighted by molar-refractivity contribution is -0.161. The van der Waals surface area contributed by atoms with Gasteiger partial charge in [-0.1, -0.05) is 233 Å². The summed E-state index contributed by atoms with van der Waals surface area (Å²) in [6.07, 6.45) is 74.6. The van der Waals surface area contributed by atoms with Crippen molar-refractivity contribution in [3.05, 3.63) is 97.2 Å². The molecule has 0 aromatic rings. The third-order valence-electron chi connectivity index (χ3n) is 12.0. The summed E-state index contributed by atoms with van der Waals surface area (Å²) < 4.78 is 33.0. The second-order valence-corrected chi connectivity index (χ2v) is 20.2. The van der Waals surface area contributed by atoms with Crippen LogP contribution in [0.5, 0.6) is 0 Å². The Morgan fingerprint density at radius 3 is 1.17 bits per heavy atom. The highest BCUT2D eigenvalue weighted by Gasteiger charge is 2.26. The van der Waals surface area contributed by atoms with Crippen molar-refractivity contribution in [1.82, 2.24) is 0 Å². The maximum absolute atomic E-state index is 12.7. The van der Waals surface area contributed by atoms with Gasteiger partial charge in [0.2, 0.25) is 0 Å². The number of unbranched alkanes of at least 4 members (excludes halogenated alkanes) is 24. The zero-order valence-corrected chi connectivity index (χ0v) is 46.3. The van der Waals surface area contributed by atoms with E-state index in [1.54, 1.807) is 0 Å². The number of rotatable bonds is 53. The number of ether oxygens (including phenoxy) is 2. The molecule has 0 heterocycles. The van der Waals surface area contributed by atoms with Crippen LogP contribution in [0.4, 0.5) is 0 Å². The molecule has 0 aromatic heterocycles. The number of phosphoric ester groups is 1. The van der Waals surface area contributed by atoms with Gasteiger partial charge < -0.3 is 20.1 Å². The molecule has 0 bridgehead atoms. The molecular weight excluding hydrogens is 906 g/mol. The van der Waals surface area contributed by atoms with Crippen LogP contribution in [0.2, 0.25) is 0 Å². The summed E-state index contributed by atoms with van der Waals surface area (Å²) in [5.41, 5.74) is 5.38. The molecule has 0 fully saturated rings. The highest BCUT2D eigenvalue weighted by Crippen LogP contribution is 2.43. The van der Waals surface area contributed by atoms with Crippen LogP contribution in [-0.2, 0) is 32.7 Å². The highest BCUT2D eigenvalue weighted by atomic mass is 31.2. The molecule has 0 aliphatic rings. The van der Waals surface area contributed by atoms with E-state index in [1.807, 2.05) is 0 Å². The Balaban J connectivity index is 3.99. The summed E-state index contributed by atoms with van der Waals surface area (Å²) in [6.45, 7) is 3.62. The van der Waals surface area contributed by atoms with Crippen molar-refractivity contribution in [3.8, 4) is 0 Å². The van der Waals surface area contributed by atoms with Gasteiger partial charge in [0.25, 0.3) is 0 Å². The van der Waals surface area contributed by atoms with E-state index >= 15 is 0 Å². The predicted octanol–water partition coefficient (Wildman–Crippen LogP) is 18.1. The average molecular weight is 1010 g/mol. The molecule has 9 nitrogen and oxygen atoms in total. The fourth-order valence-corrected chi connectivity index (χ4v) is 8.49. The Morgan fingerprint density at radius 1 is 0.437 bits per heavy atom. The first-order valence-corrected chi connectivity index (χ1v) is 30.2. The molecule has 0 amide bonds. The van der Waals surface area contributed by atoms with Crippen LogP contribution < -0.4 is 5.73 Å². The molecule has 2 unspecified atom stereocenters. The van der Waals surface area contributed by atoms with Gasteiger partial charge in [-0.05, 0) is 96.3 Å². The van der Waals surface area contributed by atoms with Crippen LogP contribution in [0.3, 0.4) is 0 Å². The summed E-state index contributed by atoms with van der Waals surface area (Å²) in [7, 11) is -4.39. The van der Waals surface area contributed by atoms with Gasteiger partial charge in [-0.2, -0.15) is 0 Å². The van der Waals surface area contributed by atoms with Crippen molar-refractivity contribution in [2.75, 3.05) is 26.4 Å². The minimum atomic E-state index is -4.39. The van der Waals surface area contributed by atoms with Crippen LogP contribution >= 0.6 is 7.82 Å².